The highest BCUT2D eigenvalue weighted by atomic mass is 16.5. The zero-order valence-electron chi connectivity index (χ0n) is 6.25. The second kappa shape index (κ2) is 6.55. The molecule has 0 bridgehead atoms. The molecule has 0 amide bonds. The molecule has 0 spiro atoms. The van der Waals surface area contributed by atoms with Gasteiger partial charge >= 0.3 is 0 Å². The second-order valence-electron chi connectivity index (χ2n) is 2.27. The summed E-state index contributed by atoms with van der Waals surface area (Å²) in [6, 6.07) is 0. The Morgan fingerprint density at radius 2 is 2.40 bits per heavy atom. The lowest BCUT2D eigenvalue weighted by Crippen LogP contribution is -2.12. The average molecular weight is 146 g/mol. The van der Waals surface area contributed by atoms with E-state index in [1.54, 1.807) is 0 Å². The maximum Gasteiger partial charge on any atom is 0.293 e. The first kappa shape index (κ1) is 9.43. The van der Waals surface area contributed by atoms with E-state index in [4.69, 9.17) is 5.11 Å². The Morgan fingerprint density at radius 3 is 2.80 bits per heavy atom. The number of carbonyl (C=O) groups excluding carboxylic acids is 1. The van der Waals surface area contributed by atoms with Crippen LogP contribution < -0.4 is 0 Å². The van der Waals surface area contributed by atoms with E-state index in [1.807, 2.05) is 6.92 Å². The average Bonchev–Trinajstić information content (AvgIpc) is 1.98. The SMILES string of the molecule is CCCC(CO)COC=O. The lowest BCUT2D eigenvalue weighted by Gasteiger charge is -2.09. The normalized spacial score (nSPS) is 12.6. The van der Waals surface area contributed by atoms with Gasteiger partial charge in [0.05, 0.1) is 6.61 Å². The van der Waals surface area contributed by atoms with E-state index in [0.29, 0.717) is 13.1 Å². The van der Waals surface area contributed by atoms with Gasteiger partial charge in [-0.25, -0.2) is 0 Å². The van der Waals surface area contributed by atoms with Crippen molar-refractivity contribution in [2.24, 2.45) is 5.92 Å². The van der Waals surface area contributed by atoms with E-state index in [1.165, 1.54) is 0 Å². The largest absolute Gasteiger partial charge is 0.468 e. The van der Waals surface area contributed by atoms with Crippen LogP contribution in [0.25, 0.3) is 0 Å². The monoisotopic (exact) mass is 146 g/mol. The quantitative estimate of drug-likeness (QED) is 0.557. The van der Waals surface area contributed by atoms with Gasteiger partial charge in [-0.05, 0) is 6.42 Å². The van der Waals surface area contributed by atoms with E-state index >= 15 is 0 Å². The van der Waals surface area contributed by atoms with E-state index < -0.39 is 0 Å². The highest BCUT2D eigenvalue weighted by Gasteiger charge is 2.05. The van der Waals surface area contributed by atoms with Crippen LogP contribution in [0.5, 0.6) is 0 Å². The standard InChI is InChI=1S/C7H14O3/c1-2-3-7(4-8)5-10-6-9/h6-8H,2-5H2,1H3. The molecule has 0 saturated carbocycles. The minimum Gasteiger partial charge on any atom is -0.468 e. The van der Waals surface area contributed by atoms with E-state index in [0.717, 1.165) is 12.8 Å². The Bertz CT molecular complexity index is 82.9. The number of aliphatic hydroxyl groups excluding tert-OH is 1. The summed E-state index contributed by atoms with van der Waals surface area (Å²) >= 11 is 0. The Kier molecular flexibility index (Phi) is 6.18. The van der Waals surface area contributed by atoms with Crippen LogP contribution in [0, 0.1) is 5.92 Å². The topological polar surface area (TPSA) is 46.5 Å². The third-order valence-corrected chi connectivity index (χ3v) is 1.36. The molecule has 0 aromatic carbocycles. The molecule has 0 aliphatic rings. The fourth-order valence-corrected chi connectivity index (χ4v) is 0.811. The van der Waals surface area contributed by atoms with Crippen molar-refractivity contribution in [1.82, 2.24) is 0 Å². The molecule has 0 aromatic rings. The van der Waals surface area contributed by atoms with Gasteiger partial charge in [0.2, 0.25) is 0 Å². The minimum atomic E-state index is 0.0989. The molecular weight excluding hydrogens is 132 g/mol. The molecule has 0 rings (SSSR count). The molecule has 60 valence electrons. The third-order valence-electron chi connectivity index (χ3n) is 1.36. The highest BCUT2D eigenvalue weighted by Crippen LogP contribution is 2.04. The Balaban J connectivity index is 3.29. The maximum absolute atomic E-state index is 9.73. The molecule has 3 nitrogen and oxygen atoms in total. The minimum absolute atomic E-state index is 0.0989. The number of ether oxygens (including phenoxy) is 1. The molecule has 0 aromatic heterocycles. The van der Waals surface area contributed by atoms with Crippen molar-refractivity contribution >= 4 is 6.47 Å². The summed E-state index contributed by atoms with van der Waals surface area (Å²) in [4.78, 5) is 9.73. The van der Waals surface area contributed by atoms with Gasteiger partial charge in [-0.3, -0.25) is 4.79 Å². The Morgan fingerprint density at radius 1 is 1.70 bits per heavy atom. The van der Waals surface area contributed by atoms with E-state index in [-0.39, 0.29) is 12.5 Å². The summed E-state index contributed by atoms with van der Waals surface area (Å²) in [5.41, 5.74) is 0. The fraction of sp³-hybridized carbons (Fsp3) is 0.857. The van der Waals surface area contributed by atoms with Crippen molar-refractivity contribution in [1.29, 1.82) is 0 Å². The van der Waals surface area contributed by atoms with Gasteiger partial charge in [0, 0.05) is 12.5 Å². The van der Waals surface area contributed by atoms with Crippen molar-refractivity contribution in [3.05, 3.63) is 0 Å². The third kappa shape index (κ3) is 4.32. The molecule has 0 aliphatic heterocycles. The summed E-state index contributed by atoms with van der Waals surface area (Å²) in [7, 11) is 0. The zero-order valence-corrected chi connectivity index (χ0v) is 6.25. The summed E-state index contributed by atoms with van der Waals surface area (Å²) in [6.45, 7) is 2.89. The second-order valence-corrected chi connectivity index (χ2v) is 2.27. The van der Waals surface area contributed by atoms with Crippen LogP contribution in [-0.2, 0) is 9.53 Å². The first-order chi connectivity index (χ1) is 4.85. The molecule has 0 saturated heterocycles. The molecule has 0 aliphatic carbocycles. The zero-order chi connectivity index (χ0) is 7.82. The van der Waals surface area contributed by atoms with E-state index in [9.17, 15) is 4.79 Å². The summed E-state index contributed by atoms with van der Waals surface area (Å²) < 4.78 is 4.50. The molecule has 1 atom stereocenters. The lowest BCUT2D eigenvalue weighted by atomic mass is 10.1. The van der Waals surface area contributed by atoms with Gasteiger partial charge in [0.1, 0.15) is 0 Å². The van der Waals surface area contributed by atoms with Gasteiger partial charge in [-0.15, -0.1) is 0 Å². The number of carbonyl (C=O) groups is 1. The van der Waals surface area contributed by atoms with E-state index in [2.05, 4.69) is 4.74 Å². The van der Waals surface area contributed by atoms with Gasteiger partial charge in [0.15, 0.2) is 0 Å². The summed E-state index contributed by atoms with van der Waals surface area (Å²) in [5.74, 6) is 0.121. The molecular formula is C7H14O3. The predicted octanol–water partition coefficient (Wildman–Crippen LogP) is 0.568. The number of hydrogen-bond acceptors (Lipinski definition) is 3. The van der Waals surface area contributed by atoms with Gasteiger partial charge in [0.25, 0.3) is 6.47 Å². The maximum atomic E-state index is 9.73. The van der Waals surface area contributed by atoms with Crippen molar-refractivity contribution in [3.8, 4) is 0 Å². The molecule has 0 heterocycles. The summed E-state index contributed by atoms with van der Waals surface area (Å²) in [6.07, 6.45) is 1.91. The molecule has 1 N–H and O–H groups in total. The van der Waals surface area contributed by atoms with Crippen LogP contribution >= 0.6 is 0 Å². The molecule has 3 heteroatoms. The van der Waals surface area contributed by atoms with Gasteiger partial charge in [-0.2, -0.15) is 0 Å². The van der Waals surface area contributed by atoms with Crippen molar-refractivity contribution in [2.75, 3.05) is 13.2 Å². The molecule has 1 unspecified atom stereocenters. The van der Waals surface area contributed by atoms with Gasteiger partial charge < -0.3 is 9.84 Å². The predicted molar refractivity (Wildman–Crippen MR) is 37.5 cm³/mol. The summed E-state index contributed by atoms with van der Waals surface area (Å²) in [5, 5.41) is 8.69. The number of aliphatic hydroxyl groups is 1. The Labute approximate surface area is 61.0 Å². The van der Waals surface area contributed by atoms with Crippen molar-refractivity contribution < 1.29 is 14.6 Å². The van der Waals surface area contributed by atoms with Gasteiger partial charge in [-0.1, -0.05) is 13.3 Å². The first-order valence-corrected chi connectivity index (χ1v) is 3.51. The van der Waals surface area contributed by atoms with Crippen molar-refractivity contribution in [3.63, 3.8) is 0 Å². The van der Waals surface area contributed by atoms with Crippen LogP contribution in [0.4, 0.5) is 0 Å². The van der Waals surface area contributed by atoms with Crippen LogP contribution in [0.1, 0.15) is 19.8 Å². The van der Waals surface area contributed by atoms with Crippen LogP contribution in [0.3, 0.4) is 0 Å². The van der Waals surface area contributed by atoms with Crippen LogP contribution in [-0.4, -0.2) is 24.8 Å². The highest BCUT2D eigenvalue weighted by molar-refractivity contribution is 5.36. The smallest absolute Gasteiger partial charge is 0.293 e. The molecule has 0 radical (unpaired) electrons. The lowest BCUT2D eigenvalue weighted by molar-refractivity contribution is -0.130. The number of hydrogen-bond donors (Lipinski definition) is 1. The number of rotatable bonds is 6. The molecule has 0 fully saturated rings. The van der Waals surface area contributed by atoms with Crippen LogP contribution in [0.15, 0.2) is 0 Å². The Hall–Kier alpha value is -0.570. The first-order valence-electron chi connectivity index (χ1n) is 3.51. The molecule has 10 heavy (non-hydrogen) atoms. The fourth-order valence-electron chi connectivity index (χ4n) is 0.811. The van der Waals surface area contributed by atoms with Crippen molar-refractivity contribution in [2.45, 2.75) is 19.8 Å². The van der Waals surface area contributed by atoms with Crippen LogP contribution in [0.2, 0.25) is 0 Å².